The van der Waals surface area contributed by atoms with E-state index in [-0.39, 0.29) is 24.0 Å². The highest BCUT2D eigenvalue weighted by Gasteiger charge is 2.34. The van der Waals surface area contributed by atoms with E-state index in [4.69, 9.17) is 5.73 Å². The molecule has 2 aliphatic rings. The maximum absolute atomic E-state index is 6.02. The van der Waals surface area contributed by atoms with E-state index in [1.807, 2.05) is 0 Å². The molecular weight excluding hydrogens is 387 g/mol. The van der Waals surface area contributed by atoms with E-state index in [1.54, 1.807) is 0 Å². The summed E-state index contributed by atoms with van der Waals surface area (Å²) in [6.45, 7) is 10.1. The first-order valence-electron chi connectivity index (χ1n) is 8.85. The van der Waals surface area contributed by atoms with Crippen molar-refractivity contribution >= 4 is 29.9 Å². The Morgan fingerprint density at radius 3 is 2.59 bits per heavy atom. The van der Waals surface area contributed by atoms with Gasteiger partial charge in [0.05, 0.1) is 0 Å². The lowest BCUT2D eigenvalue weighted by Gasteiger charge is -2.16. The zero-order valence-corrected chi connectivity index (χ0v) is 16.9. The maximum atomic E-state index is 6.02. The summed E-state index contributed by atoms with van der Waals surface area (Å²) in [5, 5.41) is 3.34. The first-order valence-corrected chi connectivity index (χ1v) is 8.85. The van der Waals surface area contributed by atoms with Crippen LogP contribution >= 0.6 is 24.0 Å². The molecule has 1 aliphatic carbocycles. The van der Waals surface area contributed by atoms with Crippen LogP contribution in [0.1, 0.15) is 59.3 Å². The van der Waals surface area contributed by atoms with Crippen molar-refractivity contribution in [2.24, 2.45) is 22.6 Å². The summed E-state index contributed by atoms with van der Waals surface area (Å²) in [6.07, 6.45) is 7.84. The number of likely N-dealkylation sites (tertiary alicyclic amines) is 1. The van der Waals surface area contributed by atoms with Crippen molar-refractivity contribution in [3.8, 4) is 0 Å². The number of halogens is 1. The minimum Gasteiger partial charge on any atom is -0.370 e. The van der Waals surface area contributed by atoms with Crippen molar-refractivity contribution < 1.29 is 0 Å². The summed E-state index contributed by atoms with van der Waals surface area (Å²) in [5.41, 5.74) is 6.02. The Bertz CT molecular complexity index is 342. The van der Waals surface area contributed by atoms with Crippen molar-refractivity contribution in [1.82, 2.24) is 10.2 Å². The number of aliphatic imine (C=N–C) groups is 1. The molecule has 1 aliphatic heterocycles. The van der Waals surface area contributed by atoms with Gasteiger partial charge in [-0.25, -0.2) is 0 Å². The van der Waals surface area contributed by atoms with Crippen LogP contribution in [0.4, 0.5) is 0 Å². The van der Waals surface area contributed by atoms with E-state index in [2.05, 4.69) is 36.0 Å². The molecule has 2 rings (SSSR count). The highest BCUT2D eigenvalue weighted by molar-refractivity contribution is 14.0. The largest absolute Gasteiger partial charge is 0.370 e. The SMILES string of the molecule is CC(C)CCCC(C)NC(N)=NCC1CCN(C2CC2)C1.I. The predicted octanol–water partition coefficient (Wildman–Crippen LogP) is 3.21. The molecule has 22 heavy (non-hydrogen) atoms. The quantitative estimate of drug-likeness (QED) is 0.359. The van der Waals surface area contributed by atoms with Gasteiger partial charge in [0, 0.05) is 25.2 Å². The molecule has 0 bridgehead atoms. The Kier molecular flexibility index (Phi) is 9.05. The number of rotatable bonds is 8. The van der Waals surface area contributed by atoms with Crippen LogP contribution in [0.25, 0.3) is 0 Å². The van der Waals surface area contributed by atoms with E-state index >= 15 is 0 Å². The second-order valence-electron chi connectivity index (χ2n) is 7.48. The molecule has 5 heteroatoms. The molecule has 0 aromatic heterocycles. The van der Waals surface area contributed by atoms with Crippen LogP contribution < -0.4 is 11.1 Å². The monoisotopic (exact) mass is 422 g/mol. The van der Waals surface area contributed by atoms with E-state index in [9.17, 15) is 0 Å². The average molecular weight is 422 g/mol. The lowest BCUT2D eigenvalue weighted by Crippen LogP contribution is -2.38. The van der Waals surface area contributed by atoms with Gasteiger partial charge in [-0.3, -0.25) is 4.99 Å². The molecule has 1 heterocycles. The average Bonchev–Trinajstić information content (AvgIpc) is 3.15. The zero-order valence-electron chi connectivity index (χ0n) is 14.6. The number of nitrogens with zero attached hydrogens (tertiary/aromatic N) is 2. The molecule has 2 fully saturated rings. The third-order valence-corrected chi connectivity index (χ3v) is 4.71. The summed E-state index contributed by atoms with van der Waals surface area (Å²) < 4.78 is 0. The van der Waals surface area contributed by atoms with E-state index in [1.165, 1.54) is 51.6 Å². The van der Waals surface area contributed by atoms with Gasteiger partial charge in [0.25, 0.3) is 0 Å². The fourth-order valence-electron chi connectivity index (χ4n) is 3.21. The Morgan fingerprint density at radius 1 is 1.23 bits per heavy atom. The smallest absolute Gasteiger partial charge is 0.188 e. The predicted molar refractivity (Wildman–Crippen MR) is 106 cm³/mol. The van der Waals surface area contributed by atoms with Crippen molar-refractivity contribution in [2.75, 3.05) is 19.6 Å². The van der Waals surface area contributed by atoms with Gasteiger partial charge in [-0.1, -0.05) is 26.7 Å². The molecule has 0 aromatic rings. The summed E-state index contributed by atoms with van der Waals surface area (Å²) in [5.74, 6) is 2.14. The van der Waals surface area contributed by atoms with Crippen LogP contribution in [0.3, 0.4) is 0 Å². The Labute approximate surface area is 153 Å². The first-order chi connectivity index (χ1) is 10.0. The molecule has 1 saturated carbocycles. The fraction of sp³-hybridized carbons (Fsp3) is 0.941. The Hall–Kier alpha value is -0.0400. The van der Waals surface area contributed by atoms with Crippen LogP contribution in [0, 0.1) is 11.8 Å². The molecule has 0 amide bonds. The van der Waals surface area contributed by atoms with Gasteiger partial charge < -0.3 is 16.0 Å². The minimum atomic E-state index is 0. The minimum absolute atomic E-state index is 0. The van der Waals surface area contributed by atoms with Gasteiger partial charge >= 0.3 is 0 Å². The molecule has 2 unspecified atom stereocenters. The molecule has 2 atom stereocenters. The van der Waals surface area contributed by atoms with Gasteiger partial charge in [0.15, 0.2) is 5.96 Å². The molecule has 0 radical (unpaired) electrons. The highest BCUT2D eigenvalue weighted by Crippen LogP contribution is 2.31. The van der Waals surface area contributed by atoms with Crippen LogP contribution in [-0.2, 0) is 0 Å². The van der Waals surface area contributed by atoms with Crippen LogP contribution in [0.5, 0.6) is 0 Å². The summed E-state index contributed by atoms with van der Waals surface area (Å²) in [6, 6.07) is 1.33. The third kappa shape index (κ3) is 7.49. The standard InChI is InChI=1S/C17H34N4.HI/c1-13(2)5-4-6-14(3)20-17(18)19-11-15-9-10-21(12-15)16-7-8-16;/h13-16H,4-12H2,1-3H3,(H3,18,19,20);1H. The van der Waals surface area contributed by atoms with Gasteiger partial charge in [-0.2, -0.15) is 0 Å². The van der Waals surface area contributed by atoms with Gasteiger partial charge in [-0.15, -0.1) is 24.0 Å². The molecule has 1 saturated heterocycles. The lowest BCUT2D eigenvalue weighted by atomic mass is 10.0. The normalized spacial score (nSPS) is 24.4. The zero-order chi connectivity index (χ0) is 15.2. The third-order valence-electron chi connectivity index (χ3n) is 4.71. The Balaban J connectivity index is 0.00000242. The molecule has 0 aromatic carbocycles. The van der Waals surface area contributed by atoms with Crippen LogP contribution in [0.2, 0.25) is 0 Å². The topological polar surface area (TPSA) is 53.6 Å². The number of hydrogen-bond donors (Lipinski definition) is 2. The number of hydrogen-bond acceptors (Lipinski definition) is 2. The molecule has 3 N–H and O–H groups in total. The van der Waals surface area contributed by atoms with Crippen molar-refractivity contribution in [1.29, 1.82) is 0 Å². The second kappa shape index (κ2) is 9.96. The summed E-state index contributed by atoms with van der Waals surface area (Å²) in [7, 11) is 0. The van der Waals surface area contributed by atoms with Crippen molar-refractivity contribution in [2.45, 2.75) is 71.4 Å². The first kappa shape index (κ1) is 20.0. The van der Waals surface area contributed by atoms with Crippen molar-refractivity contribution in [3.05, 3.63) is 0 Å². The fourth-order valence-corrected chi connectivity index (χ4v) is 3.21. The summed E-state index contributed by atoms with van der Waals surface area (Å²) >= 11 is 0. The van der Waals surface area contributed by atoms with Gasteiger partial charge in [0.1, 0.15) is 0 Å². The number of guanidine groups is 1. The second-order valence-corrected chi connectivity index (χ2v) is 7.48. The molecule has 4 nitrogen and oxygen atoms in total. The summed E-state index contributed by atoms with van der Waals surface area (Å²) in [4.78, 5) is 7.20. The van der Waals surface area contributed by atoms with Crippen LogP contribution in [0.15, 0.2) is 4.99 Å². The highest BCUT2D eigenvalue weighted by atomic mass is 127. The van der Waals surface area contributed by atoms with Crippen LogP contribution in [-0.4, -0.2) is 42.6 Å². The van der Waals surface area contributed by atoms with Gasteiger partial charge in [0.2, 0.25) is 0 Å². The van der Waals surface area contributed by atoms with E-state index < -0.39 is 0 Å². The van der Waals surface area contributed by atoms with E-state index in [0.29, 0.717) is 17.9 Å². The molecule has 0 spiro atoms. The molecule has 130 valence electrons. The Morgan fingerprint density at radius 2 is 1.95 bits per heavy atom. The van der Waals surface area contributed by atoms with Gasteiger partial charge in [-0.05, 0) is 51.0 Å². The number of nitrogens with two attached hydrogens (primary N) is 1. The van der Waals surface area contributed by atoms with Crippen molar-refractivity contribution in [3.63, 3.8) is 0 Å². The number of nitrogens with one attached hydrogen (secondary N) is 1. The molecular formula is C17H35IN4. The lowest BCUT2D eigenvalue weighted by molar-refractivity contribution is 0.315. The van der Waals surface area contributed by atoms with E-state index in [0.717, 1.165) is 18.5 Å². The maximum Gasteiger partial charge on any atom is 0.188 e.